The smallest absolute Gasteiger partial charge is 0.437 e. The molecule has 10 nitrogen and oxygen atoms in total. The lowest BCUT2D eigenvalue weighted by molar-refractivity contribution is -0.130. The van der Waals surface area contributed by atoms with E-state index in [0.717, 1.165) is 43.6 Å². The van der Waals surface area contributed by atoms with Crippen molar-refractivity contribution in [2.24, 2.45) is 5.73 Å². The number of hydroxylamine groups is 2. The summed E-state index contributed by atoms with van der Waals surface area (Å²) in [5.41, 5.74) is 5.37. The van der Waals surface area contributed by atoms with Crippen LogP contribution in [0.4, 0.5) is 9.59 Å². The summed E-state index contributed by atoms with van der Waals surface area (Å²) in [5.74, 6) is -1.15. The SMILES string of the molecule is CCCCCCN(OC(=O)N(CCCCCC)C(C)C(N)=O)C(=O)OCC(=O)NC. The fourth-order valence-corrected chi connectivity index (χ4v) is 2.58. The summed E-state index contributed by atoms with van der Waals surface area (Å²) < 4.78 is 4.90. The molecule has 0 fully saturated rings. The zero-order chi connectivity index (χ0) is 22.9. The van der Waals surface area contributed by atoms with Gasteiger partial charge in [0, 0.05) is 13.6 Å². The Balaban J connectivity index is 5.13. The zero-order valence-corrected chi connectivity index (χ0v) is 18.8. The molecule has 0 aromatic heterocycles. The number of hydrogen-bond acceptors (Lipinski definition) is 6. The van der Waals surface area contributed by atoms with Crippen LogP contribution < -0.4 is 11.1 Å². The van der Waals surface area contributed by atoms with Gasteiger partial charge < -0.3 is 20.6 Å². The van der Waals surface area contributed by atoms with Gasteiger partial charge in [0.15, 0.2) is 6.61 Å². The molecule has 0 aromatic rings. The van der Waals surface area contributed by atoms with Gasteiger partial charge >= 0.3 is 12.2 Å². The molecule has 0 radical (unpaired) electrons. The van der Waals surface area contributed by atoms with Gasteiger partial charge in [-0.15, -0.1) is 5.06 Å². The van der Waals surface area contributed by atoms with Gasteiger partial charge in [-0.25, -0.2) is 9.59 Å². The molecule has 1 unspecified atom stereocenters. The minimum absolute atomic E-state index is 0.118. The van der Waals surface area contributed by atoms with Crippen LogP contribution in [0.15, 0.2) is 0 Å². The molecule has 4 amide bonds. The zero-order valence-electron chi connectivity index (χ0n) is 18.8. The van der Waals surface area contributed by atoms with E-state index in [1.165, 1.54) is 18.9 Å². The molecule has 0 aliphatic heterocycles. The molecule has 0 saturated heterocycles. The van der Waals surface area contributed by atoms with E-state index in [1.807, 2.05) is 0 Å². The predicted molar refractivity (Wildman–Crippen MR) is 112 cm³/mol. The van der Waals surface area contributed by atoms with Crippen molar-refractivity contribution in [3.05, 3.63) is 0 Å². The van der Waals surface area contributed by atoms with E-state index in [-0.39, 0.29) is 13.1 Å². The maximum Gasteiger partial charge on any atom is 0.443 e. The van der Waals surface area contributed by atoms with Crippen LogP contribution in [0.1, 0.15) is 72.1 Å². The van der Waals surface area contributed by atoms with Gasteiger partial charge in [-0.1, -0.05) is 52.4 Å². The van der Waals surface area contributed by atoms with Gasteiger partial charge in [-0.05, 0) is 19.8 Å². The predicted octanol–water partition coefficient (Wildman–Crippen LogP) is 2.56. The maximum atomic E-state index is 12.7. The molecule has 174 valence electrons. The number of carbonyl (C=O) groups is 4. The van der Waals surface area contributed by atoms with Crippen LogP contribution in [0.3, 0.4) is 0 Å². The van der Waals surface area contributed by atoms with Gasteiger partial charge in [0.2, 0.25) is 5.91 Å². The van der Waals surface area contributed by atoms with Crippen LogP contribution in [0, 0.1) is 0 Å². The number of nitrogens with zero attached hydrogens (tertiary/aromatic N) is 2. The molecular formula is C20H38N4O6. The van der Waals surface area contributed by atoms with Gasteiger partial charge in [-0.3, -0.25) is 14.5 Å². The van der Waals surface area contributed by atoms with Crippen LogP contribution in [-0.2, 0) is 19.2 Å². The molecule has 0 bridgehead atoms. The lowest BCUT2D eigenvalue weighted by Crippen LogP contribution is -2.49. The largest absolute Gasteiger partial charge is 0.443 e. The van der Waals surface area contributed by atoms with Crippen LogP contribution in [0.2, 0.25) is 0 Å². The number of nitrogens with one attached hydrogen (secondary N) is 1. The molecule has 1 atom stereocenters. The van der Waals surface area contributed by atoms with Crippen molar-refractivity contribution in [3.8, 4) is 0 Å². The standard InChI is InChI=1S/C20H38N4O6/c1-5-7-9-11-13-23(16(3)18(21)26)19(27)30-24(14-12-10-8-6-2)20(28)29-15-17(25)22-4/h16H,5-15H2,1-4H3,(H2,21,26)(H,22,25). The Morgan fingerprint density at radius 3 is 1.97 bits per heavy atom. The molecule has 0 saturated carbocycles. The summed E-state index contributed by atoms with van der Waals surface area (Å²) in [7, 11) is 1.42. The second-order valence-corrected chi connectivity index (χ2v) is 7.08. The number of primary amides is 1. The summed E-state index contributed by atoms with van der Waals surface area (Å²) in [4.78, 5) is 54.5. The molecule has 0 spiro atoms. The van der Waals surface area contributed by atoms with Crippen LogP contribution in [0.5, 0.6) is 0 Å². The number of hydrogen-bond donors (Lipinski definition) is 2. The number of rotatable bonds is 14. The van der Waals surface area contributed by atoms with Crippen molar-refractivity contribution in [1.82, 2.24) is 15.3 Å². The third-order valence-corrected chi connectivity index (χ3v) is 4.58. The first-order valence-electron chi connectivity index (χ1n) is 10.7. The Labute approximate surface area is 179 Å². The van der Waals surface area contributed by atoms with Crippen molar-refractivity contribution in [1.29, 1.82) is 0 Å². The molecule has 0 aromatic carbocycles. The summed E-state index contributed by atoms with van der Waals surface area (Å²) in [5, 5.41) is 3.14. The monoisotopic (exact) mass is 430 g/mol. The van der Waals surface area contributed by atoms with Gasteiger partial charge in [0.1, 0.15) is 6.04 Å². The van der Waals surface area contributed by atoms with Gasteiger partial charge in [-0.2, -0.15) is 0 Å². The van der Waals surface area contributed by atoms with Crippen LogP contribution in [-0.4, -0.2) is 66.7 Å². The number of nitrogens with two attached hydrogens (primary N) is 1. The van der Waals surface area contributed by atoms with E-state index in [1.54, 1.807) is 0 Å². The molecule has 0 heterocycles. The number of ether oxygens (including phenoxy) is 1. The van der Waals surface area contributed by atoms with Crippen molar-refractivity contribution in [2.75, 3.05) is 26.7 Å². The Morgan fingerprint density at radius 2 is 1.47 bits per heavy atom. The maximum absolute atomic E-state index is 12.7. The van der Waals surface area contributed by atoms with Crippen LogP contribution >= 0.6 is 0 Å². The average Bonchev–Trinajstić information content (AvgIpc) is 2.73. The number of likely N-dealkylation sites (N-methyl/N-ethyl adjacent to an activating group) is 1. The van der Waals surface area contributed by atoms with E-state index in [0.29, 0.717) is 12.8 Å². The van der Waals surface area contributed by atoms with Gasteiger partial charge in [0.05, 0.1) is 6.54 Å². The van der Waals surface area contributed by atoms with Crippen molar-refractivity contribution >= 4 is 24.0 Å². The van der Waals surface area contributed by atoms with Crippen molar-refractivity contribution in [2.45, 2.75) is 78.2 Å². The molecular weight excluding hydrogens is 392 g/mol. The van der Waals surface area contributed by atoms with Crippen molar-refractivity contribution < 1.29 is 28.8 Å². The first-order chi connectivity index (χ1) is 14.3. The van der Waals surface area contributed by atoms with Crippen LogP contribution in [0.25, 0.3) is 0 Å². The van der Waals surface area contributed by atoms with E-state index in [4.69, 9.17) is 15.3 Å². The highest BCUT2D eigenvalue weighted by atomic mass is 16.8. The van der Waals surface area contributed by atoms with Crippen molar-refractivity contribution in [3.63, 3.8) is 0 Å². The Bertz CT molecular complexity index is 543. The first kappa shape index (κ1) is 27.5. The van der Waals surface area contributed by atoms with Gasteiger partial charge in [0.25, 0.3) is 5.91 Å². The second kappa shape index (κ2) is 16.3. The normalized spacial score (nSPS) is 11.3. The Morgan fingerprint density at radius 1 is 0.900 bits per heavy atom. The number of amides is 4. The van der Waals surface area contributed by atoms with E-state index < -0.39 is 36.6 Å². The number of unbranched alkanes of at least 4 members (excludes halogenated alkanes) is 6. The highest BCUT2D eigenvalue weighted by molar-refractivity contribution is 5.84. The van der Waals surface area contributed by atoms with E-state index in [9.17, 15) is 19.2 Å². The molecule has 30 heavy (non-hydrogen) atoms. The fourth-order valence-electron chi connectivity index (χ4n) is 2.58. The lowest BCUT2D eigenvalue weighted by Gasteiger charge is -2.29. The second-order valence-electron chi connectivity index (χ2n) is 7.08. The number of carbonyl (C=O) groups excluding carboxylic acids is 4. The lowest BCUT2D eigenvalue weighted by atomic mass is 10.2. The highest BCUT2D eigenvalue weighted by Crippen LogP contribution is 2.11. The molecule has 0 rings (SSSR count). The minimum Gasteiger partial charge on any atom is -0.437 e. The summed E-state index contributed by atoms with van der Waals surface area (Å²) in [6.45, 7) is 5.54. The highest BCUT2D eigenvalue weighted by Gasteiger charge is 2.29. The van der Waals surface area contributed by atoms with E-state index in [2.05, 4.69) is 19.2 Å². The molecule has 10 heteroatoms. The Kier molecular flexibility index (Phi) is 14.9. The quantitative estimate of drug-likeness (QED) is 0.322. The van der Waals surface area contributed by atoms with E-state index >= 15 is 0 Å². The average molecular weight is 431 g/mol. The Hall–Kier alpha value is -2.52. The molecule has 0 aliphatic rings. The third-order valence-electron chi connectivity index (χ3n) is 4.58. The summed E-state index contributed by atoms with van der Waals surface area (Å²) in [6.07, 6.45) is 5.20. The summed E-state index contributed by atoms with van der Waals surface area (Å²) >= 11 is 0. The molecule has 0 aliphatic carbocycles. The topological polar surface area (TPSA) is 131 Å². The minimum atomic E-state index is -0.943. The first-order valence-corrected chi connectivity index (χ1v) is 10.7. The molecule has 3 N–H and O–H groups in total. The fraction of sp³-hybridized carbons (Fsp3) is 0.800. The third kappa shape index (κ3) is 11.5. The summed E-state index contributed by atoms with van der Waals surface area (Å²) in [6, 6.07) is -0.886.